The Bertz CT molecular complexity index is 1510. The molecule has 4 aromatic rings. The predicted molar refractivity (Wildman–Crippen MR) is 134 cm³/mol. The maximum absolute atomic E-state index is 13.0. The second-order valence-corrected chi connectivity index (χ2v) is 10.3. The third kappa shape index (κ3) is 4.62. The van der Waals surface area contributed by atoms with Gasteiger partial charge >= 0.3 is 0 Å². The van der Waals surface area contributed by atoms with Crippen LogP contribution in [-0.4, -0.2) is 29.1 Å². The summed E-state index contributed by atoms with van der Waals surface area (Å²) in [6.07, 6.45) is 1.68. The fourth-order valence-corrected chi connectivity index (χ4v) is 5.17. The van der Waals surface area contributed by atoms with Crippen LogP contribution in [0.25, 0.3) is 11.0 Å². The first-order valence-corrected chi connectivity index (χ1v) is 12.5. The Morgan fingerprint density at radius 1 is 1.09 bits per heavy atom. The molecular formula is C24H24ClN5O3S. The number of rotatable bonds is 6. The standard InChI is InChI=1S/C24H24ClN5O3S/c1-14(2)30-23-17(13-26-30)11-19(16(4)27-23)24(31)28-18-10-9-15(3)22(12-18)34(32,33)29-21-8-6-5-7-20(21)25/h5-14,29H,1-4H3,(H,28,31). The summed E-state index contributed by atoms with van der Waals surface area (Å²) in [5.41, 5.74) is 2.78. The van der Waals surface area contributed by atoms with Crippen LogP contribution in [0.15, 0.2) is 59.6 Å². The van der Waals surface area contributed by atoms with Gasteiger partial charge in [-0.1, -0.05) is 29.8 Å². The van der Waals surface area contributed by atoms with Crippen molar-refractivity contribution in [3.63, 3.8) is 0 Å². The summed E-state index contributed by atoms with van der Waals surface area (Å²) in [6.45, 7) is 7.45. The number of amides is 1. The lowest BCUT2D eigenvalue weighted by molar-refractivity contribution is 0.102. The zero-order valence-corrected chi connectivity index (χ0v) is 20.7. The highest BCUT2D eigenvalue weighted by Crippen LogP contribution is 2.27. The number of carbonyl (C=O) groups excluding carboxylic acids is 1. The zero-order chi connectivity index (χ0) is 24.6. The molecule has 0 saturated carbocycles. The molecule has 10 heteroatoms. The molecule has 4 rings (SSSR count). The first-order chi connectivity index (χ1) is 16.1. The number of aryl methyl sites for hydroxylation is 2. The van der Waals surface area contributed by atoms with Gasteiger partial charge in [-0.2, -0.15) is 5.10 Å². The van der Waals surface area contributed by atoms with Crippen molar-refractivity contribution in [2.75, 3.05) is 10.0 Å². The number of para-hydroxylation sites is 1. The van der Waals surface area contributed by atoms with Crippen molar-refractivity contribution in [1.82, 2.24) is 14.8 Å². The number of fused-ring (bicyclic) bond motifs is 1. The highest BCUT2D eigenvalue weighted by molar-refractivity contribution is 7.92. The summed E-state index contributed by atoms with van der Waals surface area (Å²) in [6, 6.07) is 13.2. The Kier molecular flexibility index (Phi) is 6.33. The fourth-order valence-electron chi connectivity index (χ4n) is 3.58. The lowest BCUT2D eigenvalue weighted by Gasteiger charge is -2.14. The number of sulfonamides is 1. The van der Waals surface area contributed by atoms with Crippen molar-refractivity contribution in [3.05, 3.63) is 76.6 Å². The van der Waals surface area contributed by atoms with Gasteiger partial charge in [-0.3, -0.25) is 9.52 Å². The topological polar surface area (TPSA) is 106 Å². The number of nitrogens with one attached hydrogen (secondary N) is 2. The number of pyridine rings is 1. The molecular weight excluding hydrogens is 474 g/mol. The van der Waals surface area contributed by atoms with Crippen molar-refractivity contribution < 1.29 is 13.2 Å². The number of carbonyl (C=O) groups is 1. The summed E-state index contributed by atoms with van der Waals surface area (Å²) in [7, 11) is -3.94. The van der Waals surface area contributed by atoms with E-state index >= 15 is 0 Å². The van der Waals surface area contributed by atoms with Gasteiger partial charge in [-0.15, -0.1) is 0 Å². The van der Waals surface area contributed by atoms with Gasteiger partial charge in [0.15, 0.2) is 5.65 Å². The molecule has 0 fully saturated rings. The lowest BCUT2D eigenvalue weighted by Crippen LogP contribution is -2.17. The molecule has 2 aromatic carbocycles. The van der Waals surface area contributed by atoms with Crippen LogP contribution >= 0.6 is 11.6 Å². The van der Waals surface area contributed by atoms with Crippen LogP contribution < -0.4 is 10.0 Å². The minimum Gasteiger partial charge on any atom is -0.322 e. The smallest absolute Gasteiger partial charge is 0.262 e. The fraction of sp³-hybridized carbons (Fsp3) is 0.208. The normalized spacial score (nSPS) is 11.7. The highest BCUT2D eigenvalue weighted by atomic mass is 35.5. The molecule has 0 atom stereocenters. The second kappa shape index (κ2) is 9.08. The van der Waals surface area contributed by atoms with Crippen LogP contribution in [0.5, 0.6) is 0 Å². The number of hydrogen-bond acceptors (Lipinski definition) is 5. The number of aromatic nitrogens is 3. The van der Waals surface area contributed by atoms with Gasteiger partial charge in [0.2, 0.25) is 0 Å². The summed E-state index contributed by atoms with van der Waals surface area (Å²) in [5, 5.41) is 8.17. The van der Waals surface area contributed by atoms with E-state index in [2.05, 4.69) is 20.1 Å². The molecule has 8 nitrogen and oxygen atoms in total. The van der Waals surface area contributed by atoms with E-state index in [1.807, 2.05) is 13.8 Å². The van der Waals surface area contributed by atoms with Crippen molar-refractivity contribution in [2.45, 2.75) is 38.6 Å². The van der Waals surface area contributed by atoms with Crippen LogP contribution in [0.4, 0.5) is 11.4 Å². The molecule has 0 aliphatic carbocycles. The maximum atomic E-state index is 13.0. The summed E-state index contributed by atoms with van der Waals surface area (Å²) in [4.78, 5) is 17.6. The Morgan fingerprint density at radius 3 is 2.53 bits per heavy atom. The van der Waals surface area contributed by atoms with Gasteiger partial charge in [0.1, 0.15) is 0 Å². The first kappa shape index (κ1) is 23.7. The molecule has 2 aromatic heterocycles. The summed E-state index contributed by atoms with van der Waals surface area (Å²) >= 11 is 6.10. The summed E-state index contributed by atoms with van der Waals surface area (Å²) < 4.78 is 30.4. The maximum Gasteiger partial charge on any atom is 0.262 e. The first-order valence-electron chi connectivity index (χ1n) is 10.6. The Labute approximate surface area is 203 Å². The lowest BCUT2D eigenvalue weighted by atomic mass is 10.1. The Balaban J connectivity index is 1.63. The van der Waals surface area contributed by atoms with E-state index < -0.39 is 15.9 Å². The van der Waals surface area contributed by atoms with Crippen LogP contribution in [0.3, 0.4) is 0 Å². The van der Waals surface area contributed by atoms with E-state index in [9.17, 15) is 13.2 Å². The van der Waals surface area contributed by atoms with Gasteiger partial charge in [-0.25, -0.2) is 18.1 Å². The molecule has 0 saturated heterocycles. The van der Waals surface area contributed by atoms with Crippen molar-refractivity contribution >= 4 is 49.9 Å². The molecule has 176 valence electrons. The molecule has 2 heterocycles. The van der Waals surface area contributed by atoms with Gasteiger partial charge < -0.3 is 5.32 Å². The molecule has 1 amide bonds. The molecule has 0 aliphatic heterocycles. The van der Waals surface area contributed by atoms with Gasteiger partial charge in [0.25, 0.3) is 15.9 Å². The number of hydrogen-bond donors (Lipinski definition) is 2. The van der Waals surface area contributed by atoms with E-state index in [-0.39, 0.29) is 21.6 Å². The monoisotopic (exact) mass is 497 g/mol. The van der Waals surface area contributed by atoms with Crippen molar-refractivity contribution in [1.29, 1.82) is 0 Å². The summed E-state index contributed by atoms with van der Waals surface area (Å²) in [5.74, 6) is -0.393. The average Bonchev–Trinajstić information content (AvgIpc) is 3.18. The zero-order valence-electron chi connectivity index (χ0n) is 19.1. The molecule has 0 aliphatic rings. The van der Waals surface area contributed by atoms with Gasteiger partial charge in [0.05, 0.1) is 33.1 Å². The Morgan fingerprint density at radius 2 is 1.82 bits per heavy atom. The van der Waals surface area contributed by atoms with E-state index in [0.29, 0.717) is 28.2 Å². The van der Waals surface area contributed by atoms with E-state index in [1.54, 1.807) is 67.2 Å². The van der Waals surface area contributed by atoms with Gasteiger partial charge in [-0.05, 0) is 63.6 Å². The minimum atomic E-state index is -3.94. The van der Waals surface area contributed by atoms with E-state index in [4.69, 9.17) is 11.6 Å². The molecule has 0 bridgehead atoms. The molecule has 0 spiro atoms. The van der Waals surface area contributed by atoms with Crippen molar-refractivity contribution in [2.24, 2.45) is 0 Å². The molecule has 2 N–H and O–H groups in total. The number of halogens is 1. The highest BCUT2D eigenvalue weighted by Gasteiger charge is 2.20. The quantitative estimate of drug-likeness (QED) is 0.374. The minimum absolute atomic E-state index is 0.0359. The van der Waals surface area contributed by atoms with E-state index in [1.165, 1.54) is 6.07 Å². The largest absolute Gasteiger partial charge is 0.322 e. The van der Waals surface area contributed by atoms with Crippen LogP contribution in [-0.2, 0) is 10.0 Å². The Hall–Kier alpha value is -3.43. The van der Waals surface area contributed by atoms with Gasteiger partial charge in [0, 0.05) is 17.1 Å². The SMILES string of the molecule is Cc1ccc(NC(=O)c2cc3cnn(C(C)C)c3nc2C)cc1S(=O)(=O)Nc1ccccc1Cl. The van der Waals surface area contributed by atoms with E-state index in [0.717, 1.165) is 5.39 Å². The second-order valence-electron chi connectivity index (χ2n) is 8.24. The number of nitrogens with zero attached hydrogens (tertiary/aromatic N) is 3. The molecule has 0 radical (unpaired) electrons. The number of benzene rings is 2. The van der Waals surface area contributed by atoms with Crippen LogP contribution in [0, 0.1) is 13.8 Å². The average molecular weight is 498 g/mol. The third-order valence-electron chi connectivity index (χ3n) is 5.35. The third-order valence-corrected chi connectivity index (χ3v) is 7.18. The van der Waals surface area contributed by atoms with Crippen LogP contribution in [0.2, 0.25) is 5.02 Å². The molecule has 0 unspecified atom stereocenters. The predicted octanol–water partition coefficient (Wildman–Crippen LogP) is 5.34. The van der Waals surface area contributed by atoms with Crippen molar-refractivity contribution in [3.8, 4) is 0 Å². The molecule has 34 heavy (non-hydrogen) atoms. The number of anilines is 2. The van der Waals surface area contributed by atoms with Crippen LogP contribution in [0.1, 0.15) is 41.5 Å².